The fourth-order valence-electron chi connectivity index (χ4n) is 0.941. The van der Waals surface area contributed by atoms with Gasteiger partial charge in [-0.2, -0.15) is 0 Å². The lowest BCUT2D eigenvalue weighted by atomic mass is 10.2. The SMILES string of the molecule is CCC(C)NC(=O)CNCCOCCO. The molecule has 0 aliphatic carbocycles. The van der Waals surface area contributed by atoms with Gasteiger partial charge in [-0.15, -0.1) is 0 Å². The van der Waals surface area contributed by atoms with Crippen molar-refractivity contribution in [2.45, 2.75) is 26.3 Å². The number of aliphatic hydroxyl groups is 1. The first kappa shape index (κ1) is 14.3. The first-order valence-corrected chi connectivity index (χ1v) is 5.39. The standard InChI is InChI=1S/C10H22N2O3/c1-3-9(2)12-10(14)8-11-4-6-15-7-5-13/h9,11,13H,3-8H2,1-2H3,(H,12,14). The summed E-state index contributed by atoms with van der Waals surface area (Å²) in [5.74, 6) is 0.00603. The Kier molecular flexibility index (Phi) is 9.46. The Morgan fingerprint density at radius 2 is 2.20 bits per heavy atom. The van der Waals surface area contributed by atoms with Crippen LogP contribution < -0.4 is 10.6 Å². The Hall–Kier alpha value is -0.650. The van der Waals surface area contributed by atoms with Crippen LogP contribution in [0.25, 0.3) is 0 Å². The van der Waals surface area contributed by atoms with Gasteiger partial charge in [0.1, 0.15) is 0 Å². The summed E-state index contributed by atoms with van der Waals surface area (Å²) in [6.07, 6.45) is 0.936. The van der Waals surface area contributed by atoms with Gasteiger partial charge in [0.2, 0.25) is 5.91 Å². The van der Waals surface area contributed by atoms with E-state index in [1.54, 1.807) is 0 Å². The van der Waals surface area contributed by atoms with Gasteiger partial charge in [-0.1, -0.05) is 6.92 Å². The number of nitrogens with one attached hydrogen (secondary N) is 2. The van der Waals surface area contributed by atoms with Crippen LogP contribution in [0.2, 0.25) is 0 Å². The summed E-state index contributed by atoms with van der Waals surface area (Å²) in [5.41, 5.74) is 0. The zero-order valence-electron chi connectivity index (χ0n) is 9.58. The van der Waals surface area contributed by atoms with Gasteiger partial charge in [0.05, 0.1) is 26.4 Å². The minimum Gasteiger partial charge on any atom is -0.394 e. The van der Waals surface area contributed by atoms with E-state index in [1.165, 1.54) is 0 Å². The second-order valence-corrected chi connectivity index (χ2v) is 3.39. The average molecular weight is 218 g/mol. The van der Waals surface area contributed by atoms with Crippen LogP contribution in [0.3, 0.4) is 0 Å². The van der Waals surface area contributed by atoms with E-state index in [2.05, 4.69) is 10.6 Å². The molecule has 5 nitrogen and oxygen atoms in total. The maximum Gasteiger partial charge on any atom is 0.234 e. The highest BCUT2D eigenvalue weighted by Gasteiger charge is 2.03. The number of hydrogen-bond acceptors (Lipinski definition) is 4. The minimum absolute atomic E-state index is 0.00603. The van der Waals surface area contributed by atoms with Gasteiger partial charge in [0, 0.05) is 12.6 Å². The lowest BCUT2D eigenvalue weighted by molar-refractivity contribution is -0.120. The van der Waals surface area contributed by atoms with Crippen molar-refractivity contribution in [1.29, 1.82) is 0 Å². The smallest absolute Gasteiger partial charge is 0.234 e. The zero-order valence-corrected chi connectivity index (χ0v) is 9.58. The lowest BCUT2D eigenvalue weighted by Gasteiger charge is -2.11. The molecule has 0 spiro atoms. The highest BCUT2D eigenvalue weighted by molar-refractivity contribution is 5.78. The molecule has 0 aromatic rings. The Balaban J connectivity index is 3.24. The van der Waals surface area contributed by atoms with E-state index in [0.717, 1.165) is 6.42 Å². The topological polar surface area (TPSA) is 70.6 Å². The highest BCUT2D eigenvalue weighted by atomic mass is 16.5. The Labute approximate surface area is 91.2 Å². The van der Waals surface area contributed by atoms with Crippen molar-refractivity contribution in [2.24, 2.45) is 0 Å². The van der Waals surface area contributed by atoms with Gasteiger partial charge in [0.15, 0.2) is 0 Å². The molecule has 0 heterocycles. The van der Waals surface area contributed by atoms with Crippen molar-refractivity contribution in [2.75, 3.05) is 32.9 Å². The Morgan fingerprint density at radius 1 is 1.47 bits per heavy atom. The molecule has 15 heavy (non-hydrogen) atoms. The van der Waals surface area contributed by atoms with Gasteiger partial charge in [0.25, 0.3) is 0 Å². The van der Waals surface area contributed by atoms with Crippen LogP contribution in [0.15, 0.2) is 0 Å². The monoisotopic (exact) mass is 218 g/mol. The van der Waals surface area contributed by atoms with Crippen LogP contribution in [0.4, 0.5) is 0 Å². The van der Waals surface area contributed by atoms with Gasteiger partial charge in [-0.25, -0.2) is 0 Å². The van der Waals surface area contributed by atoms with E-state index < -0.39 is 0 Å². The van der Waals surface area contributed by atoms with Gasteiger partial charge in [-0.3, -0.25) is 4.79 Å². The lowest BCUT2D eigenvalue weighted by Crippen LogP contribution is -2.39. The molecule has 0 aromatic carbocycles. The first-order chi connectivity index (χ1) is 7.20. The van der Waals surface area contributed by atoms with Crippen LogP contribution >= 0.6 is 0 Å². The quantitative estimate of drug-likeness (QED) is 0.456. The molecule has 1 atom stereocenters. The molecule has 0 aliphatic heterocycles. The summed E-state index contributed by atoms with van der Waals surface area (Å²) in [4.78, 5) is 11.2. The molecule has 0 aliphatic rings. The number of carbonyl (C=O) groups is 1. The molecule has 1 amide bonds. The van der Waals surface area contributed by atoms with Crippen LogP contribution in [0.5, 0.6) is 0 Å². The maximum absolute atomic E-state index is 11.2. The zero-order chi connectivity index (χ0) is 11.5. The van der Waals surface area contributed by atoms with Gasteiger partial charge >= 0.3 is 0 Å². The highest BCUT2D eigenvalue weighted by Crippen LogP contribution is 1.86. The van der Waals surface area contributed by atoms with Crippen LogP contribution in [0, 0.1) is 0 Å². The second-order valence-electron chi connectivity index (χ2n) is 3.39. The van der Waals surface area contributed by atoms with Crippen molar-refractivity contribution in [3.05, 3.63) is 0 Å². The van der Waals surface area contributed by atoms with E-state index in [4.69, 9.17) is 9.84 Å². The molecule has 1 unspecified atom stereocenters. The first-order valence-electron chi connectivity index (χ1n) is 5.39. The van der Waals surface area contributed by atoms with E-state index in [-0.39, 0.29) is 18.6 Å². The molecule has 0 radical (unpaired) electrons. The predicted octanol–water partition coefficient (Wildman–Crippen LogP) is -0.500. The molecule has 0 rings (SSSR count). The van der Waals surface area contributed by atoms with Crippen LogP contribution in [-0.4, -0.2) is 50.0 Å². The number of ether oxygens (including phenoxy) is 1. The summed E-state index contributed by atoms with van der Waals surface area (Å²) in [6.45, 7) is 5.83. The third kappa shape index (κ3) is 9.65. The number of aliphatic hydroxyl groups excluding tert-OH is 1. The van der Waals surface area contributed by atoms with Crippen molar-refractivity contribution >= 4 is 5.91 Å². The maximum atomic E-state index is 11.2. The molecule has 3 N–H and O–H groups in total. The van der Waals surface area contributed by atoms with E-state index in [0.29, 0.717) is 26.3 Å². The molecule has 90 valence electrons. The molecule has 0 saturated carbocycles. The minimum atomic E-state index is 0.00603. The number of amides is 1. The Bertz CT molecular complexity index is 165. The van der Waals surface area contributed by atoms with Gasteiger partial charge < -0.3 is 20.5 Å². The summed E-state index contributed by atoms with van der Waals surface area (Å²) in [5, 5.41) is 14.2. The number of hydrogen-bond donors (Lipinski definition) is 3. The van der Waals surface area contributed by atoms with Crippen molar-refractivity contribution < 1.29 is 14.6 Å². The Morgan fingerprint density at radius 3 is 2.80 bits per heavy atom. The second kappa shape index (κ2) is 9.89. The number of carbonyl (C=O) groups excluding carboxylic acids is 1. The molecule has 0 fully saturated rings. The molecule has 5 heteroatoms. The van der Waals surface area contributed by atoms with Crippen molar-refractivity contribution in [3.8, 4) is 0 Å². The molecule has 0 bridgehead atoms. The van der Waals surface area contributed by atoms with Crippen LogP contribution in [0.1, 0.15) is 20.3 Å². The van der Waals surface area contributed by atoms with Crippen LogP contribution in [-0.2, 0) is 9.53 Å². The third-order valence-electron chi connectivity index (χ3n) is 1.96. The molecular weight excluding hydrogens is 196 g/mol. The molecular formula is C10H22N2O3. The third-order valence-corrected chi connectivity index (χ3v) is 1.96. The normalized spacial score (nSPS) is 12.5. The summed E-state index contributed by atoms with van der Waals surface area (Å²) in [7, 11) is 0. The fraction of sp³-hybridized carbons (Fsp3) is 0.900. The summed E-state index contributed by atoms with van der Waals surface area (Å²) >= 11 is 0. The van der Waals surface area contributed by atoms with Crippen molar-refractivity contribution in [3.63, 3.8) is 0 Å². The summed E-state index contributed by atoms with van der Waals surface area (Å²) in [6, 6.07) is 0.227. The van der Waals surface area contributed by atoms with E-state index in [9.17, 15) is 4.79 Å². The largest absolute Gasteiger partial charge is 0.394 e. The van der Waals surface area contributed by atoms with Gasteiger partial charge in [-0.05, 0) is 13.3 Å². The predicted molar refractivity (Wildman–Crippen MR) is 58.7 cm³/mol. The fourth-order valence-corrected chi connectivity index (χ4v) is 0.941. The molecule has 0 saturated heterocycles. The number of rotatable bonds is 9. The van der Waals surface area contributed by atoms with E-state index in [1.807, 2.05) is 13.8 Å². The average Bonchev–Trinajstić information content (AvgIpc) is 2.23. The molecule has 0 aromatic heterocycles. The van der Waals surface area contributed by atoms with E-state index >= 15 is 0 Å². The summed E-state index contributed by atoms with van der Waals surface area (Å²) < 4.78 is 5.02. The van der Waals surface area contributed by atoms with Crippen molar-refractivity contribution in [1.82, 2.24) is 10.6 Å².